The van der Waals surface area contributed by atoms with Crippen LogP contribution in [-0.4, -0.2) is 42.0 Å². The van der Waals surface area contributed by atoms with Crippen molar-refractivity contribution in [2.75, 3.05) is 27.2 Å². The summed E-state index contributed by atoms with van der Waals surface area (Å²) in [6, 6.07) is 29.9. The lowest BCUT2D eigenvalue weighted by Gasteiger charge is -2.53. The maximum absolute atomic E-state index is 6.98. The lowest BCUT2D eigenvalue weighted by atomic mass is 9.61. The quantitative estimate of drug-likeness (QED) is 0.154. The molecule has 3 aromatic carbocycles. The molecule has 6 heteroatoms. The standard InChI is InChI=1S/C38H49ClN4O/c1-5-43(6-2)36(38(24-14-9-15-25-38)35(42(3)4)31-20-22-32(39)23-21-31)37-41-33(26-29-16-10-7-11-17-29)34(44-37)28-40-27-30-18-12-8-13-19-30/h7-8,10-13,16-23,35-36,40H,5-6,9,14-15,24-28H2,1-4H3. The van der Waals surface area contributed by atoms with Crippen LogP contribution in [0, 0.1) is 5.41 Å². The first-order valence-corrected chi connectivity index (χ1v) is 16.8. The van der Waals surface area contributed by atoms with E-state index in [1.165, 1.54) is 36.0 Å². The third-order valence-electron chi connectivity index (χ3n) is 9.45. The zero-order valence-electron chi connectivity index (χ0n) is 26.9. The number of halogens is 1. The van der Waals surface area contributed by atoms with Crippen molar-refractivity contribution in [2.45, 2.75) is 77.5 Å². The van der Waals surface area contributed by atoms with Gasteiger partial charge in [0.25, 0.3) is 0 Å². The van der Waals surface area contributed by atoms with Gasteiger partial charge in [-0.05, 0) is 68.8 Å². The highest BCUT2D eigenvalue weighted by Crippen LogP contribution is 2.57. The van der Waals surface area contributed by atoms with E-state index < -0.39 is 0 Å². The smallest absolute Gasteiger partial charge is 0.212 e. The minimum absolute atomic E-state index is 0.0401. The monoisotopic (exact) mass is 612 g/mol. The molecule has 1 aliphatic carbocycles. The SMILES string of the molecule is CCN(CC)C(c1nc(Cc2ccccc2)c(CNCc2ccccc2)o1)C1(C(c2ccc(Cl)cc2)N(C)C)CCCCC1. The van der Waals surface area contributed by atoms with E-state index in [9.17, 15) is 0 Å². The van der Waals surface area contributed by atoms with Gasteiger partial charge in [-0.2, -0.15) is 0 Å². The maximum Gasteiger partial charge on any atom is 0.212 e. The first kappa shape index (κ1) is 32.4. The summed E-state index contributed by atoms with van der Waals surface area (Å²) < 4.78 is 6.98. The van der Waals surface area contributed by atoms with Gasteiger partial charge in [0.05, 0.1) is 18.3 Å². The molecule has 0 saturated heterocycles. The second-order valence-electron chi connectivity index (χ2n) is 12.5. The Bertz CT molecular complexity index is 1410. The van der Waals surface area contributed by atoms with Crippen molar-refractivity contribution in [1.29, 1.82) is 0 Å². The molecule has 1 saturated carbocycles. The Morgan fingerprint density at radius 2 is 1.41 bits per heavy atom. The van der Waals surface area contributed by atoms with Gasteiger partial charge >= 0.3 is 0 Å². The molecular weight excluding hydrogens is 564 g/mol. The minimum Gasteiger partial charge on any atom is -0.442 e. The lowest BCUT2D eigenvalue weighted by Crippen LogP contribution is -2.49. The molecule has 1 N–H and O–H groups in total. The number of rotatable bonds is 14. The molecule has 0 amide bonds. The highest BCUT2D eigenvalue weighted by atomic mass is 35.5. The van der Waals surface area contributed by atoms with Crippen LogP contribution >= 0.6 is 11.6 Å². The lowest BCUT2D eigenvalue weighted by molar-refractivity contribution is -0.0438. The van der Waals surface area contributed by atoms with Crippen LogP contribution < -0.4 is 5.32 Å². The van der Waals surface area contributed by atoms with Crippen molar-refractivity contribution in [3.8, 4) is 0 Å². The van der Waals surface area contributed by atoms with Gasteiger partial charge < -0.3 is 14.6 Å². The van der Waals surface area contributed by atoms with Crippen molar-refractivity contribution < 1.29 is 4.42 Å². The molecule has 4 aromatic rings. The second kappa shape index (κ2) is 15.4. The summed E-state index contributed by atoms with van der Waals surface area (Å²) in [6.45, 7) is 7.83. The van der Waals surface area contributed by atoms with Gasteiger partial charge in [0.1, 0.15) is 5.76 Å². The van der Waals surface area contributed by atoms with Crippen LogP contribution in [0.2, 0.25) is 5.02 Å². The van der Waals surface area contributed by atoms with Crippen molar-refractivity contribution in [3.05, 3.63) is 124 Å². The summed E-state index contributed by atoms with van der Waals surface area (Å²) in [6.07, 6.45) is 6.68. The van der Waals surface area contributed by atoms with Gasteiger partial charge in [-0.3, -0.25) is 4.90 Å². The van der Waals surface area contributed by atoms with Crippen LogP contribution in [0.4, 0.5) is 0 Å². The molecule has 1 aliphatic rings. The van der Waals surface area contributed by atoms with E-state index in [0.717, 1.165) is 61.3 Å². The second-order valence-corrected chi connectivity index (χ2v) is 12.9. The minimum atomic E-state index is -0.0782. The van der Waals surface area contributed by atoms with Gasteiger partial charge in [-0.1, -0.05) is 118 Å². The zero-order valence-corrected chi connectivity index (χ0v) is 27.7. The van der Waals surface area contributed by atoms with Crippen LogP contribution in [0.5, 0.6) is 0 Å². The van der Waals surface area contributed by atoms with Crippen LogP contribution in [0.1, 0.15) is 92.1 Å². The summed E-state index contributed by atoms with van der Waals surface area (Å²) in [4.78, 5) is 10.4. The fourth-order valence-electron chi connectivity index (χ4n) is 7.55. The van der Waals surface area contributed by atoms with Crippen LogP contribution in [0.15, 0.2) is 89.3 Å². The molecule has 44 heavy (non-hydrogen) atoms. The highest BCUT2D eigenvalue weighted by Gasteiger charge is 2.52. The number of benzene rings is 3. The fourth-order valence-corrected chi connectivity index (χ4v) is 7.68. The van der Waals surface area contributed by atoms with E-state index in [2.05, 4.69) is 116 Å². The third kappa shape index (κ3) is 7.46. The topological polar surface area (TPSA) is 44.5 Å². The molecule has 2 unspecified atom stereocenters. The van der Waals surface area contributed by atoms with Crippen LogP contribution in [-0.2, 0) is 19.5 Å². The molecule has 1 heterocycles. The van der Waals surface area contributed by atoms with E-state index in [4.69, 9.17) is 21.0 Å². The Kier molecular flexibility index (Phi) is 11.3. The van der Waals surface area contributed by atoms with E-state index in [-0.39, 0.29) is 17.5 Å². The number of nitrogens with zero attached hydrogens (tertiary/aromatic N) is 3. The Hall–Kier alpha value is -2.96. The van der Waals surface area contributed by atoms with Crippen molar-refractivity contribution in [1.82, 2.24) is 20.1 Å². The van der Waals surface area contributed by atoms with Crippen molar-refractivity contribution in [2.24, 2.45) is 5.41 Å². The van der Waals surface area contributed by atoms with Gasteiger partial charge in [-0.25, -0.2) is 4.98 Å². The van der Waals surface area contributed by atoms with E-state index in [1.54, 1.807) is 0 Å². The average molecular weight is 613 g/mol. The molecule has 1 fully saturated rings. The predicted molar refractivity (Wildman–Crippen MR) is 182 cm³/mol. The molecule has 0 bridgehead atoms. The molecule has 0 radical (unpaired) electrons. The van der Waals surface area contributed by atoms with E-state index in [1.807, 2.05) is 12.1 Å². The van der Waals surface area contributed by atoms with E-state index in [0.29, 0.717) is 6.54 Å². The number of nitrogens with one attached hydrogen (secondary N) is 1. The summed E-state index contributed by atoms with van der Waals surface area (Å²) in [5.74, 6) is 1.80. The van der Waals surface area contributed by atoms with E-state index >= 15 is 0 Å². The van der Waals surface area contributed by atoms with Crippen molar-refractivity contribution >= 4 is 11.6 Å². The molecule has 0 spiro atoms. The molecule has 2 atom stereocenters. The molecule has 5 nitrogen and oxygen atoms in total. The normalized spacial score (nSPS) is 16.3. The highest BCUT2D eigenvalue weighted by molar-refractivity contribution is 6.30. The summed E-state index contributed by atoms with van der Waals surface area (Å²) >= 11 is 6.38. The third-order valence-corrected chi connectivity index (χ3v) is 9.71. The van der Waals surface area contributed by atoms with Crippen LogP contribution in [0.3, 0.4) is 0 Å². The van der Waals surface area contributed by atoms with Gasteiger partial charge in [0.2, 0.25) is 5.89 Å². The number of oxazole rings is 1. The summed E-state index contributed by atoms with van der Waals surface area (Å²) in [5.41, 5.74) is 4.76. The average Bonchev–Trinajstić information content (AvgIpc) is 3.43. The van der Waals surface area contributed by atoms with Gasteiger partial charge in [0, 0.05) is 29.4 Å². The summed E-state index contributed by atoms with van der Waals surface area (Å²) in [5, 5.41) is 4.42. The first-order chi connectivity index (χ1) is 21.4. The first-order valence-electron chi connectivity index (χ1n) is 16.4. The molecule has 234 valence electrons. The fraction of sp³-hybridized carbons (Fsp3) is 0.447. The Morgan fingerprint density at radius 1 is 0.795 bits per heavy atom. The molecule has 0 aliphatic heterocycles. The molecule has 1 aromatic heterocycles. The van der Waals surface area contributed by atoms with Crippen LogP contribution in [0.25, 0.3) is 0 Å². The summed E-state index contributed by atoms with van der Waals surface area (Å²) in [7, 11) is 4.45. The molecule has 5 rings (SSSR count). The number of hydrogen-bond donors (Lipinski definition) is 1. The molecular formula is C38H49ClN4O. The maximum atomic E-state index is 6.98. The largest absolute Gasteiger partial charge is 0.442 e. The number of aromatic nitrogens is 1. The number of hydrogen-bond acceptors (Lipinski definition) is 5. The Labute approximate surface area is 269 Å². The zero-order chi connectivity index (χ0) is 30.9. The predicted octanol–water partition coefficient (Wildman–Crippen LogP) is 8.84. The van der Waals surface area contributed by atoms with Crippen molar-refractivity contribution in [3.63, 3.8) is 0 Å². The van der Waals surface area contributed by atoms with Gasteiger partial charge in [0.15, 0.2) is 0 Å². The van der Waals surface area contributed by atoms with Gasteiger partial charge in [-0.15, -0.1) is 0 Å². The Morgan fingerprint density at radius 3 is 2.00 bits per heavy atom. The Balaban J connectivity index is 1.59.